The van der Waals surface area contributed by atoms with Crippen LogP contribution in [0.2, 0.25) is 0 Å². The van der Waals surface area contributed by atoms with Crippen LogP contribution in [-0.2, 0) is 4.74 Å². The summed E-state index contributed by atoms with van der Waals surface area (Å²) in [6, 6.07) is 5.33. The van der Waals surface area contributed by atoms with Crippen LogP contribution in [0, 0.1) is 13.8 Å². The summed E-state index contributed by atoms with van der Waals surface area (Å²) in [6.45, 7) is 9.36. The topological polar surface area (TPSA) is 144 Å². The molecule has 1 saturated carbocycles. The van der Waals surface area contributed by atoms with E-state index in [9.17, 15) is 9.59 Å². The minimum atomic E-state index is -0.692. The zero-order valence-electron chi connectivity index (χ0n) is 19.9. The molecule has 2 aromatic rings. The van der Waals surface area contributed by atoms with Gasteiger partial charge in [-0.1, -0.05) is 12.8 Å². The van der Waals surface area contributed by atoms with E-state index in [1.54, 1.807) is 6.07 Å². The number of hydrogen-bond acceptors (Lipinski definition) is 8. The van der Waals surface area contributed by atoms with Crippen LogP contribution in [0.25, 0.3) is 0 Å². The molecule has 0 saturated heterocycles. The number of rotatable bonds is 6. The Bertz CT molecular complexity index is 999. The van der Waals surface area contributed by atoms with Gasteiger partial charge in [0.2, 0.25) is 0 Å². The van der Waals surface area contributed by atoms with Crippen molar-refractivity contribution in [3.8, 4) is 0 Å². The smallest absolute Gasteiger partial charge is 0.407 e. The van der Waals surface area contributed by atoms with Gasteiger partial charge in [-0.3, -0.25) is 4.79 Å². The molecule has 0 bridgehead atoms. The first-order chi connectivity index (χ1) is 15.5. The van der Waals surface area contributed by atoms with Gasteiger partial charge in [0, 0.05) is 17.8 Å². The van der Waals surface area contributed by atoms with Gasteiger partial charge in [-0.15, -0.1) is 10.2 Å². The average molecular weight is 456 g/mol. The molecule has 3 rings (SSSR count). The van der Waals surface area contributed by atoms with Gasteiger partial charge >= 0.3 is 6.09 Å². The Morgan fingerprint density at radius 2 is 1.73 bits per heavy atom. The molecule has 10 heteroatoms. The van der Waals surface area contributed by atoms with Crippen LogP contribution >= 0.6 is 0 Å². The van der Waals surface area contributed by atoms with Crippen LogP contribution < -0.4 is 21.7 Å². The number of primary amides is 1. The Morgan fingerprint density at radius 3 is 2.36 bits per heavy atom. The minimum Gasteiger partial charge on any atom is -0.444 e. The molecule has 2 atom stereocenters. The first-order valence-electron chi connectivity index (χ1n) is 11.2. The molecule has 1 fully saturated rings. The summed E-state index contributed by atoms with van der Waals surface area (Å²) >= 11 is 0. The Labute approximate surface area is 194 Å². The molecule has 0 radical (unpaired) electrons. The van der Waals surface area contributed by atoms with Crippen LogP contribution in [0.4, 0.5) is 22.1 Å². The maximum absolute atomic E-state index is 12.3. The molecule has 33 heavy (non-hydrogen) atoms. The molecule has 2 unspecified atom stereocenters. The SMILES string of the molecule is Cc1cc(C)nc(Nc2cc(NC3CCCCC3NC(=O)OC(C)(C)C)nnc2C(N)=O)c1. The predicted octanol–water partition coefficient (Wildman–Crippen LogP) is 3.58. The number of anilines is 3. The summed E-state index contributed by atoms with van der Waals surface area (Å²) in [5.41, 5.74) is 7.24. The number of carbonyl (C=O) groups is 2. The van der Waals surface area contributed by atoms with Crippen molar-refractivity contribution in [2.75, 3.05) is 10.6 Å². The Balaban J connectivity index is 1.79. The normalized spacial score (nSPS) is 18.3. The van der Waals surface area contributed by atoms with E-state index in [0.717, 1.165) is 36.9 Å². The summed E-state index contributed by atoms with van der Waals surface area (Å²) in [5, 5.41) is 17.6. The molecular weight excluding hydrogens is 422 g/mol. The molecular formula is C23H33N7O3. The largest absolute Gasteiger partial charge is 0.444 e. The lowest BCUT2D eigenvalue weighted by Crippen LogP contribution is -2.49. The van der Waals surface area contributed by atoms with Crippen LogP contribution in [0.5, 0.6) is 0 Å². The Morgan fingerprint density at radius 1 is 1.03 bits per heavy atom. The molecule has 1 aliphatic rings. The fraction of sp³-hybridized carbons (Fsp3) is 0.522. The highest BCUT2D eigenvalue weighted by atomic mass is 16.6. The first-order valence-corrected chi connectivity index (χ1v) is 11.2. The third-order valence-electron chi connectivity index (χ3n) is 5.19. The maximum Gasteiger partial charge on any atom is 0.407 e. The van der Waals surface area contributed by atoms with Crippen molar-refractivity contribution >= 4 is 29.3 Å². The van der Waals surface area contributed by atoms with Gasteiger partial charge in [-0.25, -0.2) is 9.78 Å². The van der Waals surface area contributed by atoms with E-state index in [0.29, 0.717) is 17.3 Å². The second-order valence-electron chi connectivity index (χ2n) is 9.44. The summed E-state index contributed by atoms with van der Waals surface area (Å²) in [4.78, 5) is 28.7. The molecule has 178 valence electrons. The van der Waals surface area contributed by atoms with E-state index in [4.69, 9.17) is 10.5 Å². The summed E-state index contributed by atoms with van der Waals surface area (Å²) in [5.74, 6) is 0.355. The highest BCUT2D eigenvalue weighted by Gasteiger charge is 2.29. The van der Waals surface area contributed by atoms with Crippen molar-refractivity contribution in [3.05, 3.63) is 35.2 Å². The van der Waals surface area contributed by atoms with E-state index < -0.39 is 17.6 Å². The molecule has 2 heterocycles. The van der Waals surface area contributed by atoms with Crippen LogP contribution in [0.1, 0.15) is 68.2 Å². The first kappa shape index (κ1) is 24.2. The minimum absolute atomic E-state index is 0.0218. The van der Waals surface area contributed by atoms with Crippen LogP contribution in [0.3, 0.4) is 0 Å². The van der Waals surface area contributed by atoms with Gasteiger partial charge in [0.25, 0.3) is 5.91 Å². The van der Waals surface area contributed by atoms with Gasteiger partial charge in [-0.2, -0.15) is 0 Å². The lowest BCUT2D eigenvalue weighted by atomic mass is 9.90. The number of nitrogens with two attached hydrogens (primary N) is 1. The van der Waals surface area contributed by atoms with Crippen LogP contribution in [-0.4, -0.2) is 44.9 Å². The van der Waals surface area contributed by atoms with E-state index in [2.05, 4.69) is 31.1 Å². The van der Waals surface area contributed by atoms with Crippen molar-refractivity contribution in [1.29, 1.82) is 0 Å². The summed E-state index contributed by atoms with van der Waals surface area (Å²) < 4.78 is 5.41. The zero-order chi connectivity index (χ0) is 24.2. The average Bonchev–Trinajstić information content (AvgIpc) is 2.67. The van der Waals surface area contributed by atoms with Crippen molar-refractivity contribution in [1.82, 2.24) is 20.5 Å². The Hall–Kier alpha value is -3.43. The number of ether oxygens (including phenoxy) is 1. The number of aryl methyl sites for hydroxylation is 2. The highest BCUT2D eigenvalue weighted by molar-refractivity contribution is 5.97. The summed E-state index contributed by atoms with van der Waals surface area (Å²) in [7, 11) is 0. The number of amides is 2. The molecule has 0 aromatic carbocycles. The van der Waals surface area contributed by atoms with Crippen molar-refractivity contribution in [3.63, 3.8) is 0 Å². The number of nitrogens with zero attached hydrogens (tertiary/aromatic N) is 3. The zero-order valence-corrected chi connectivity index (χ0v) is 19.9. The standard InChI is InChI=1S/C23H33N7O3/c1-13-10-14(2)25-18(11-13)27-17-12-19(29-30-20(17)21(24)31)26-15-8-6-7-9-16(15)28-22(32)33-23(3,4)5/h10-12,15-16H,6-9H2,1-5H3,(H2,24,31)(H,28,32)(H2,25,26,27,29). The van der Waals surface area contributed by atoms with E-state index in [1.165, 1.54) is 0 Å². The highest BCUT2D eigenvalue weighted by Crippen LogP contribution is 2.25. The summed E-state index contributed by atoms with van der Waals surface area (Å²) in [6.07, 6.45) is 3.26. The van der Waals surface area contributed by atoms with E-state index in [-0.39, 0.29) is 17.8 Å². The lowest BCUT2D eigenvalue weighted by molar-refractivity contribution is 0.0488. The molecule has 2 aromatic heterocycles. The van der Waals surface area contributed by atoms with Gasteiger partial charge in [0.1, 0.15) is 11.4 Å². The fourth-order valence-electron chi connectivity index (χ4n) is 3.91. The predicted molar refractivity (Wildman–Crippen MR) is 127 cm³/mol. The molecule has 1 aliphatic carbocycles. The third-order valence-corrected chi connectivity index (χ3v) is 5.19. The van der Waals surface area contributed by atoms with Gasteiger partial charge in [0.05, 0.1) is 11.7 Å². The second kappa shape index (κ2) is 10.0. The molecule has 0 spiro atoms. The van der Waals surface area contributed by atoms with Crippen LogP contribution in [0.15, 0.2) is 18.2 Å². The monoisotopic (exact) mass is 455 g/mol. The van der Waals surface area contributed by atoms with Crippen molar-refractivity contribution in [2.45, 2.75) is 78.0 Å². The molecule has 2 amide bonds. The third kappa shape index (κ3) is 7.03. The number of aromatic nitrogens is 3. The lowest BCUT2D eigenvalue weighted by Gasteiger charge is -2.33. The molecule has 5 N–H and O–H groups in total. The maximum atomic E-state index is 12.3. The number of pyridine rings is 1. The van der Waals surface area contributed by atoms with Gasteiger partial charge in [-0.05, 0) is 65.2 Å². The number of hydrogen-bond donors (Lipinski definition) is 4. The Kier molecular flexibility index (Phi) is 7.35. The van der Waals surface area contributed by atoms with E-state index >= 15 is 0 Å². The molecule has 0 aliphatic heterocycles. The van der Waals surface area contributed by atoms with E-state index in [1.807, 2.05) is 46.8 Å². The van der Waals surface area contributed by atoms with Crippen molar-refractivity contribution < 1.29 is 14.3 Å². The molecule has 10 nitrogen and oxygen atoms in total. The fourth-order valence-corrected chi connectivity index (χ4v) is 3.91. The number of alkyl carbamates (subject to hydrolysis) is 1. The number of nitrogens with one attached hydrogen (secondary N) is 3. The quantitative estimate of drug-likeness (QED) is 0.517. The van der Waals surface area contributed by atoms with Gasteiger partial charge < -0.3 is 26.4 Å². The van der Waals surface area contributed by atoms with Crippen molar-refractivity contribution in [2.24, 2.45) is 5.73 Å². The number of carbonyl (C=O) groups excluding carboxylic acids is 2. The van der Waals surface area contributed by atoms with Gasteiger partial charge in [0.15, 0.2) is 11.5 Å². The second-order valence-corrected chi connectivity index (χ2v) is 9.44.